The van der Waals surface area contributed by atoms with E-state index in [2.05, 4.69) is 66.6 Å². The molecule has 0 bridgehead atoms. The predicted molar refractivity (Wildman–Crippen MR) is 89.4 cm³/mol. The minimum Gasteiger partial charge on any atom is -0.377 e. The normalized spacial score (nSPS) is 12.5. The first-order chi connectivity index (χ1) is 10.2. The Morgan fingerprint density at radius 3 is 2.38 bits per heavy atom. The largest absolute Gasteiger partial charge is 0.377 e. The summed E-state index contributed by atoms with van der Waals surface area (Å²) in [4.78, 5) is 4.52. The van der Waals surface area contributed by atoms with E-state index in [0.29, 0.717) is 5.92 Å². The van der Waals surface area contributed by atoms with Crippen LogP contribution in [-0.2, 0) is 0 Å². The summed E-state index contributed by atoms with van der Waals surface area (Å²) < 4.78 is 0. The van der Waals surface area contributed by atoms with Gasteiger partial charge in [-0.05, 0) is 23.6 Å². The van der Waals surface area contributed by atoms with E-state index < -0.39 is 0 Å². The Bertz CT molecular complexity index is 720. The molecule has 1 aromatic heterocycles. The van der Waals surface area contributed by atoms with Crippen molar-refractivity contribution < 1.29 is 0 Å². The number of nitrogens with one attached hydrogen (secondary N) is 1. The van der Waals surface area contributed by atoms with Crippen molar-refractivity contribution in [2.24, 2.45) is 5.92 Å². The molecule has 106 valence electrons. The van der Waals surface area contributed by atoms with E-state index in [4.69, 9.17) is 0 Å². The summed E-state index contributed by atoms with van der Waals surface area (Å²) in [6.45, 7) is 4.47. The molecule has 0 aliphatic rings. The van der Waals surface area contributed by atoms with E-state index >= 15 is 0 Å². The van der Waals surface area contributed by atoms with Crippen LogP contribution in [0.1, 0.15) is 25.5 Å². The molecule has 0 spiro atoms. The molecular formula is C19H20N2. The summed E-state index contributed by atoms with van der Waals surface area (Å²) >= 11 is 0. The van der Waals surface area contributed by atoms with Gasteiger partial charge in [0.05, 0.1) is 23.4 Å². The molecule has 0 saturated heterocycles. The van der Waals surface area contributed by atoms with Gasteiger partial charge in [0.15, 0.2) is 0 Å². The second kappa shape index (κ2) is 5.96. The van der Waals surface area contributed by atoms with Gasteiger partial charge in [0.2, 0.25) is 0 Å². The molecule has 1 heterocycles. The monoisotopic (exact) mass is 276 g/mol. The molecule has 2 heteroatoms. The average molecular weight is 276 g/mol. The van der Waals surface area contributed by atoms with Crippen molar-refractivity contribution in [3.05, 3.63) is 72.4 Å². The molecule has 1 N–H and O–H groups in total. The zero-order chi connectivity index (χ0) is 14.7. The lowest BCUT2D eigenvalue weighted by molar-refractivity contribution is 0.546. The van der Waals surface area contributed by atoms with Gasteiger partial charge in [0, 0.05) is 5.39 Å². The summed E-state index contributed by atoms with van der Waals surface area (Å²) in [6, 6.07) is 21.2. The topological polar surface area (TPSA) is 24.9 Å². The van der Waals surface area contributed by atoms with Crippen LogP contribution in [0.2, 0.25) is 0 Å². The molecule has 0 amide bonds. The van der Waals surface area contributed by atoms with Gasteiger partial charge in [-0.25, -0.2) is 0 Å². The molecule has 1 unspecified atom stereocenters. The predicted octanol–water partition coefficient (Wildman–Crippen LogP) is 5.04. The number of nitrogens with zero attached hydrogens (tertiary/aromatic N) is 1. The van der Waals surface area contributed by atoms with Gasteiger partial charge in [-0.15, -0.1) is 0 Å². The molecule has 0 saturated carbocycles. The van der Waals surface area contributed by atoms with E-state index in [9.17, 15) is 0 Å². The molecule has 0 aliphatic carbocycles. The van der Waals surface area contributed by atoms with E-state index in [1.807, 2.05) is 24.4 Å². The summed E-state index contributed by atoms with van der Waals surface area (Å²) in [7, 11) is 0. The highest BCUT2D eigenvalue weighted by Gasteiger charge is 2.15. The van der Waals surface area contributed by atoms with Crippen molar-refractivity contribution in [2.75, 3.05) is 5.32 Å². The van der Waals surface area contributed by atoms with Crippen molar-refractivity contribution >= 4 is 16.6 Å². The van der Waals surface area contributed by atoms with E-state index in [0.717, 1.165) is 16.6 Å². The molecule has 21 heavy (non-hydrogen) atoms. The van der Waals surface area contributed by atoms with E-state index in [-0.39, 0.29) is 6.04 Å². The molecule has 2 nitrogen and oxygen atoms in total. The number of pyridine rings is 1. The van der Waals surface area contributed by atoms with Crippen molar-refractivity contribution in [3.8, 4) is 0 Å². The standard InChI is InChI=1S/C19H20N2/c1-14(2)19(15-8-4-3-5-9-15)21-17-12-16-10-6-7-11-18(16)20-13-17/h3-14,19,21H,1-2H3. The lowest BCUT2D eigenvalue weighted by atomic mass is 9.96. The van der Waals surface area contributed by atoms with Gasteiger partial charge in [-0.2, -0.15) is 0 Å². The molecule has 1 atom stereocenters. The highest BCUT2D eigenvalue weighted by Crippen LogP contribution is 2.27. The summed E-state index contributed by atoms with van der Waals surface area (Å²) in [5, 5.41) is 4.79. The minimum absolute atomic E-state index is 0.286. The van der Waals surface area contributed by atoms with Crippen molar-refractivity contribution in [3.63, 3.8) is 0 Å². The first-order valence-corrected chi connectivity index (χ1v) is 7.40. The van der Waals surface area contributed by atoms with E-state index in [1.165, 1.54) is 5.56 Å². The molecule has 0 radical (unpaired) electrons. The van der Waals surface area contributed by atoms with Gasteiger partial charge in [-0.3, -0.25) is 4.98 Å². The highest BCUT2D eigenvalue weighted by molar-refractivity contribution is 5.81. The Labute approximate surface area is 125 Å². The van der Waals surface area contributed by atoms with Gasteiger partial charge < -0.3 is 5.32 Å². The van der Waals surface area contributed by atoms with Gasteiger partial charge in [0.1, 0.15) is 0 Å². The SMILES string of the molecule is CC(C)C(Nc1cnc2ccccc2c1)c1ccccc1. The van der Waals surface area contributed by atoms with Crippen molar-refractivity contribution in [1.29, 1.82) is 0 Å². The third-order valence-corrected chi connectivity index (χ3v) is 3.74. The van der Waals surface area contributed by atoms with Crippen LogP contribution in [-0.4, -0.2) is 4.98 Å². The van der Waals surface area contributed by atoms with Crippen LogP contribution in [0.15, 0.2) is 66.9 Å². The van der Waals surface area contributed by atoms with Crippen LogP contribution in [0.25, 0.3) is 10.9 Å². The lowest BCUT2D eigenvalue weighted by Gasteiger charge is -2.24. The number of hydrogen-bond acceptors (Lipinski definition) is 2. The first kappa shape index (κ1) is 13.6. The van der Waals surface area contributed by atoms with Crippen molar-refractivity contribution in [2.45, 2.75) is 19.9 Å². The number of rotatable bonds is 4. The number of anilines is 1. The Morgan fingerprint density at radius 2 is 1.62 bits per heavy atom. The maximum Gasteiger partial charge on any atom is 0.0703 e. The van der Waals surface area contributed by atoms with Crippen LogP contribution < -0.4 is 5.32 Å². The summed E-state index contributed by atoms with van der Waals surface area (Å²) in [5.41, 5.74) is 3.40. The summed E-state index contributed by atoms with van der Waals surface area (Å²) in [5.74, 6) is 0.499. The Kier molecular flexibility index (Phi) is 3.87. The first-order valence-electron chi connectivity index (χ1n) is 7.40. The average Bonchev–Trinajstić information content (AvgIpc) is 2.53. The second-order valence-electron chi connectivity index (χ2n) is 5.69. The Hall–Kier alpha value is -2.35. The third kappa shape index (κ3) is 3.05. The molecule has 0 aliphatic heterocycles. The molecular weight excluding hydrogens is 256 g/mol. The fraction of sp³-hybridized carbons (Fsp3) is 0.211. The fourth-order valence-corrected chi connectivity index (χ4v) is 2.62. The highest BCUT2D eigenvalue weighted by atomic mass is 14.9. The third-order valence-electron chi connectivity index (χ3n) is 3.74. The van der Waals surface area contributed by atoms with Crippen LogP contribution in [0.3, 0.4) is 0 Å². The number of hydrogen-bond donors (Lipinski definition) is 1. The quantitative estimate of drug-likeness (QED) is 0.721. The zero-order valence-corrected chi connectivity index (χ0v) is 12.5. The van der Waals surface area contributed by atoms with Gasteiger partial charge in [0.25, 0.3) is 0 Å². The van der Waals surface area contributed by atoms with Crippen LogP contribution >= 0.6 is 0 Å². The smallest absolute Gasteiger partial charge is 0.0703 e. The molecule has 3 aromatic rings. The molecule has 0 fully saturated rings. The van der Waals surface area contributed by atoms with Crippen LogP contribution in [0.4, 0.5) is 5.69 Å². The van der Waals surface area contributed by atoms with Gasteiger partial charge >= 0.3 is 0 Å². The van der Waals surface area contributed by atoms with E-state index in [1.54, 1.807) is 0 Å². The molecule has 3 rings (SSSR count). The number of benzene rings is 2. The van der Waals surface area contributed by atoms with Crippen LogP contribution in [0, 0.1) is 5.92 Å². The Balaban J connectivity index is 1.91. The summed E-state index contributed by atoms with van der Waals surface area (Å²) in [6.07, 6.45) is 1.92. The number of para-hydroxylation sites is 1. The lowest BCUT2D eigenvalue weighted by Crippen LogP contribution is -2.16. The minimum atomic E-state index is 0.286. The second-order valence-corrected chi connectivity index (χ2v) is 5.69. The van der Waals surface area contributed by atoms with Crippen molar-refractivity contribution in [1.82, 2.24) is 4.98 Å². The number of aromatic nitrogens is 1. The maximum absolute atomic E-state index is 4.52. The maximum atomic E-state index is 4.52. The fourth-order valence-electron chi connectivity index (χ4n) is 2.62. The van der Waals surface area contributed by atoms with Crippen LogP contribution in [0.5, 0.6) is 0 Å². The number of fused-ring (bicyclic) bond motifs is 1. The van der Waals surface area contributed by atoms with Gasteiger partial charge in [-0.1, -0.05) is 62.4 Å². The molecule has 2 aromatic carbocycles. The Morgan fingerprint density at radius 1 is 0.905 bits per heavy atom. The zero-order valence-electron chi connectivity index (χ0n) is 12.5.